The minimum Gasteiger partial charge on any atom is -0.380 e. The number of aromatic amines is 1. The molecule has 2 heterocycles. The fraction of sp³-hybridized carbons (Fsp3) is 0.533. The highest BCUT2D eigenvalue weighted by Gasteiger charge is 2.32. The van der Waals surface area contributed by atoms with E-state index in [2.05, 4.69) is 20.5 Å². The molecule has 1 saturated carbocycles. The third-order valence-corrected chi connectivity index (χ3v) is 4.36. The first-order chi connectivity index (χ1) is 10.7. The van der Waals surface area contributed by atoms with E-state index in [-0.39, 0.29) is 36.4 Å². The number of rotatable bonds is 4. The number of nitrogens with one attached hydrogen (secondary N) is 2. The maximum Gasteiger partial charge on any atom is 0.223 e. The molecule has 1 aliphatic rings. The Morgan fingerprint density at radius 3 is 3.13 bits per heavy atom. The second kappa shape index (κ2) is 7.72. The number of halogens is 1. The Morgan fingerprint density at radius 1 is 1.52 bits per heavy atom. The molecule has 0 radical (unpaired) electrons. The third-order valence-electron chi connectivity index (χ3n) is 4.36. The van der Waals surface area contributed by atoms with Gasteiger partial charge in [-0.3, -0.25) is 9.89 Å². The van der Waals surface area contributed by atoms with Gasteiger partial charge in [-0.25, -0.2) is 4.98 Å². The molecule has 0 spiro atoms. The second-order valence-corrected chi connectivity index (χ2v) is 5.74. The first kappa shape index (κ1) is 17.7. The maximum absolute atomic E-state index is 12.3. The van der Waals surface area contributed by atoms with Crippen LogP contribution in [0.2, 0.25) is 0 Å². The molecule has 23 heavy (non-hydrogen) atoms. The summed E-state index contributed by atoms with van der Waals surface area (Å²) in [6.07, 6.45) is 3.95. The third kappa shape index (κ3) is 3.80. The first-order valence-corrected chi connectivity index (χ1v) is 7.53. The number of methoxy groups -OCH3 is 1. The summed E-state index contributed by atoms with van der Waals surface area (Å²) in [5.41, 5.74) is 7.52. The standard InChI is InChI=1S/C15H21N5O2.ClH/c1-22-13-7-9(4-5-11(13)16)15(21)18-8-12-10-3-2-6-17-14(10)20-19-12;/h2-3,6,9,11,13H,4-5,7-8,16H2,1H3,(H,18,21)(H,17,19,20);1H/t9-,11+,13+;/m0./s1. The van der Waals surface area contributed by atoms with Crippen molar-refractivity contribution in [2.45, 2.75) is 38.0 Å². The number of pyridine rings is 1. The molecule has 1 amide bonds. The molecule has 0 unspecified atom stereocenters. The molecule has 0 bridgehead atoms. The second-order valence-electron chi connectivity index (χ2n) is 5.74. The fourth-order valence-electron chi connectivity index (χ4n) is 3.02. The van der Waals surface area contributed by atoms with E-state index in [0.717, 1.165) is 23.9 Å². The predicted octanol–water partition coefficient (Wildman–Crippen LogP) is 1.14. The van der Waals surface area contributed by atoms with Gasteiger partial charge in [0.05, 0.1) is 18.3 Å². The lowest BCUT2D eigenvalue weighted by molar-refractivity contribution is -0.128. The zero-order valence-corrected chi connectivity index (χ0v) is 13.8. The van der Waals surface area contributed by atoms with Crippen LogP contribution < -0.4 is 11.1 Å². The van der Waals surface area contributed by atoms with E-state index >= 15 is 0 Å². The number of carbonyl (C=O) groups excluding carboxylic acids is 1. The van der Waals surface area contributed by atoms with Crippen molar-refractivity contribution >= 4 is 29.3 Å². The summed E-state index contributed by atoms with van der Waals surface area (Å²) in [5.74, 6) is -0.00218. The van der Waals surface area contributed by atoms with Gasteiger partial charge >= 0.3 is 0 Å². The number of carbonyl (C=O) groups is 1. The van der Waals surface area contributed by atoms with Crippen molar-refractivity contribution in [3.8, 4) is 0 Å². The maximum atomic E-state index is 12.3. The average Bonchev–Trinajstić information content (AvgIpc) is 2.96. The topological polar surface area (TPSA) is 106 Å². The molecule has 0 aromatic carbocycles. The van der Waals surface area contributed by atoms with Crippen LogP contribution in [-0.4, -0.2) is 40.3 Å². The van der Waals surface area contributed by atoms with Gasteiger partial charge in [-0.05, 0) is 31.4 Å². The van der Waals surface area contributed by atoms with Gasteiger partial charge in [0.15, 0.2) is 5.65 Å². The lowest BCUT2D eigenvalue weighted by Gasteiger charge is -2.32. The highest BCUT2D eigenvalue weighted by Crippen LogP contribution is 2.25. The molecule has 4 N–H and O–H groups in total. The van der Waals surface area contributed by atoms with Crippen LogP contribution in [0.1, 0.15) is 25.0 Å². The summed E-state index contributed by atoms with van der Waals surface area (Å²) in [7, 11) is 1.65. The van der Waals surface area contributed by atoms with Gasteiger partial charge in [0.1, 0.15) is 0 Å². The number of amides is 1. The normalized spacial score (nSPS) is 24.2. The van der Waals surface area contributed by atoms with E-state index in [9.17, 15) is 4.79 Å². The molecule has 126 valence electrons. The van der Waals surface area contributed by atoms with Gasteiger partial charge in [-0.15, -0.1) is 12.4 Å². The molecular weight excluding hydrogens is 318 g/mol. The van der Waals surface area contributed by atoms with Crippen molar-refractivity contribution in [1.29, 1.82) is 0 Å². The van der Waals surface area contributed by atoms with Gasteiger partial charge in [-0.2, -0.15) is 5.10 Å². The van der Waals surface area contributed by atoms with Crippen molar-refractivity contribution in [2.24, 2.45) is 11.7 Å². The molecule has 2 aromatic heterocycles. The minimum atomic E-state index is -0.0444. The van der Waals surface area contributed by atoms with Gasteiger partial charge in [0, 0.05) is 30.7 Å². The van der Waals surface area contributed by atoms with Crippen LogP contribution >= 0.6 is 12.4 Å². The Balaban J connectivity index is 0.00000192. The van der Waals surface area contributed by atoms with Crippen LogP contribution in [-0.2, 0) is 16.1 Å². The highest BCUT2D eigenvalue weighted by molar-refractivity contribution is 5.85. The van der Waals surface area contributed by atoms with Crippen molar-refractivity contribution in [3.63, 3.8) is 0 Å². The number of fused-ring (bicyclic) bond motifs is 1. The molecular formula is C15H22ClN5O2. The van der Waals surface area contributed by atoms with Crippen molar-refractivity contribution in [1.82, 2.24) is 20.5 Å². The van der Waals surface area contributed by atoms with Gasteiger partial charge < -0.3 is 15.8 Å². The lowest BCUT2D eigenvalue weighted by atomic mass is 9.83. The van der Waals surface area contributed by atoms with Gasteiger partial charge in [0.25, 0.3) is 0 Å². The molecule has 8 heteroatoms. The average molecular weight is 340 g/mol. The Kier molecular flexibility index (Phi) is 5.92. The van der Waals surface area contributed by atoms with E-state index in [0.29, 0.717) is 18.6 Å². The molecule has 1 aliphatic carbocycles. The van der Waals surface area contributed by atoms with Crippen LogP contribution in [0.3, 0.4) is 0 Å². The van der Waals surface area contributed by atoms with E-state index in [1.807, 2.05) is 12.1 Å². The van der Waals surface area contributed by atoms with Crippen LogP contribution in [0.5, 0.6) is 0 Å². The predicted molar refractivity (Wildman–Crippen MR) is 89.1 cm³/mol. The van der Waals surface area contributed by atoms with E-state index in [4.69, 9.17) is 10.5 Å². The Hall–Kier alpha value is -1.70. The van der Waals surface area contributed by atoms with Crippen molar-refractivity contribution in [3.05, 3.63) is 24.0 Å². The van der Waals surface area contributed by atoms with E-state index in [1.165, 1.54) is 0 Å². The molecule has 3 atom stereocenters. The Bertz CT molecular complexity index is 662. The highest BCUT2D eigenvalue weighted by atomic mass is 35.5. The summed E-state index contributed by atoms with van der Waals surface area (Å²) >= 11 is 0. The molecule has 2 aromatic rings. The number of nitrogens with zero attached hydrogens (tertiary/aromatic N) is 2. The van der Waals surface area contributed by atoms with E-state index in [1.54, 1.807) is 13.3 Å². The van der Waals surface area contributed by atoms with Gasteiger partial charge in [0.2, 0.25) is 5.91 Å². The summed E-state index contributed by atoms with van der Waals surface area (Å²) in [4.78, 5) is 16.5. The zero-order chi connectivity index (χ0) is 15.5. The summed E-state index contributed by atoms with van der Waals surface area (Å²) in [6, 6.07) is 3.82. The number of hydrogen-bond acceptors (Lipinski definition) is 5. The number of nitrogens with two attached hydrogens (primary N) is 1. The van der Waals surface area contributed by atoms with Crippen LogP contribution in [0.25, 0.3) is 11.0 Å². The SMILES string of the molecule is CO[C@@H]1C[C@@H](C(=O)NCc2[nH]nc3ncccc23)CC[C@H]1N.Cl. The van der Waals surface area contributed by atoms with E-state index < -0.39 is 0 Å². The summed E-state index contributed by atoms with van der Waals surface area (Å²) < 4.78 is 5.36. The molecule has 0 aliphatic heterocycles. The number of ether oxygens (including phenoxy) is 1. The number of H-pyrrole nitrogens is 1. The lowest BCUT2D eigenvalue weighted by Crippen LogP contribution is -2.45. The minimum absolute atomic E-state index is 0. The Morgan fingerprint density at radius 2 is 2.35 bits per heavy atom. The van der Waals surface area contributed by atoms with Crippen molar-refractivity contribution < 1.29 is 9.53 Å². The molecule has 0 saturated heterocycles. The van der Waals surface area contributed by atoms with Crippen LogP contribution in [0, 0.1) is 5.92 Å². The first-order valence-electron chi connectivity index (χ1n) is 7.53. The quantitative estimate of drug-likeness (QED) is 0.774. The smallest absolute Gasteiger partial charge is 0.223 e. The zero-order valence-electron chi connectivity index (χ0n) is 13.0. The summed E-state index contributed by atoms with van der Waals surface area (Å²) in [5, 5.41) is 11.0. The number of hydrogen-bond donors (Lipinski definition) is 3. The Labute approximate surface area is 140 Å². The molecule has 7 nitrogen and oxygen atoms in total. The molecule has 3 rings (SSSR count). The number of aromatic nitrogens is 3. The van der Waals surface area contributed by atoms with Gasteiger partial charge in [-0.1, -0.05) is 0 Å². The fourth-order valence-corrected chi connectivity index (χ4v) is 3.02. The largest absolute Gasteiger partial charge is 0.380 e. The van der Waals surface area contributed by atoms with Crippen LogP contribution in [0.4, 0.5) is 0 Å². The van der Waals surface area contributed by atoms with Crippen molar-refractivity contribution in [2.75, 3.05) is 7.11 Å². The van der Waals surface area contributed by atoms with Crippen LogP contribution in [0.15, 0.2) is 18.3 Å². The monoisotopic (exact) mass is 339 g/mol. The summed E-state index contributed by atoms with van der Waals surface area (Å²) in [6.45, 7) is 0.418. The molecule has 1 fully saturated rings.